The summed E-state index contributed by atoms with van der Waals surface area (Å²) in [4.78, 5) is 1.44. The monoisotopic (exact) mass is 344 g/mol. The number of rotatable bonds is 4. The normalized spacial score (nSPS) is 12.6. The van der Waals surface area contributed by atoms with E-state index in [4.69, 9.17) is 5.84 Å². The Kier molecular flexibility index (Phi) is 4.02. The molecule has 0 aliphatic carbocycles. The van der Waals surface area contributed by atoms with Crippen molar-refractivity contribution in [2.75, 3.05) is 0 Å². The van der Waals surface area contributed by atoms with Gasteiger partial charge in [-0.2, -0.15) is 4.80 Å². The highest BCUT2D eigenvalue weighted by atomic mass is 127. The third-order valence-corrected chi connectivity index (χ3v) is 3.06. The Hall–Kier alpha value is -1.06. The summed E-state index contributed by atoms with van der Waals surface area (Å²) in [7, 11) is 1.74. The third-order valence-electron chi connectivity index (χ3n) is 2.39. The Labute approximate surface area is 113 Å². The number of hydrogen-bond donors (Lipinski definition) is 2. The van der Waals surface area contributed by atoms with Crippen molar-refractivity contribution in [1.29, 1.82) is 0 Å². The minimum Gasteiger partial charge on any atom is -0.271 e. The van der Waals surface area contributed by atoms with Gasteiger partial charge in [-0.1, -0.05) is 12.1 Å². The number of aromatic nitrogens is 4. The second kappa shape index (κ2) is 5.52. The lowest BCUT2D eigenvalue weighted by Crippen LogP contribution is -2.30. The van der Waals surface area contributed by atoms with Crippen LogP contribution in [-0.4, -0.2) is 20.2 Å². The molecule has 2 aromatic rings. The van der Waals surface area contributed by atoms with E-state index >= 15 is 0 Å². The zero-order valence-corrected chi connectivity index (χ0v) is 11.5. The van der Waals surface area contributed by atoms with Crippen molar-refractivity contribution in [3.05, 3.63) is 39.2 Å². The number of halogens is 1. The van der Waals surface area contributed by atoms with Crippen molar-refractivity contribution < 1.29 is 0 Å². The molecule has 6 nitrogen and oxygen atoms in total. The molecule has 1 heterocycles. The highest BCUT2D eigenvalue weighted by Gasteiger charge is 2.13. The van der Waals surface area contributed by atoms with Gasteiger partial charge < -0.3 is 0 Å². The fourth-order valence-corrected chi connectivity index (χ4v) is 2.15. The van der Waals surface area contributed by atoms with Crippen LogP contribution in [0.25, 0.3) is 0 Å². The van der Waals surface area contributed by atoms with Crippen molar-refractivity contribution in [1.82, 2.24) is 25.6 Å². The average molecular weight is 344 g/mol. The molecule has 0 aliphatic heterocycles. The van der Waals surface area contributed by atoms with Crippen molar-refractivity contribution >= 4 is 22.6 Å². The molecule has 0 aliphatic rings. The maximum atomic E-state index is 5.57. The second-order valence-electron chi connectivity index (χ2n) is 3.67. The van der Waals surface area contributed by atoms with Crippen LogP contribution in [0.4, 0.5) is 0 Å². The molecule has 3 N–H and O–H groups in total. The van der Waals surface area contributed by atoms with Gasteiger partial charge >= 0.3 is 0 Å². The van der Waals surface area contributed by atoms with Crippen molar-refractivity contribution in [3.63, 3.8) is 0 Å². The van der Waals surface area contributed by atoms with Gasteiger partial charge in [0.1, 0.15) is 0 Å². The van der Waals surface area contributed by atoms with Crippen LogP contribution in [0.3, 0.4) is 0 Å². The molecule has 17 heavy (non-hydrogen) atoms. The molecule has 90 valence electrons. The van der Waals surface area contributed by atoms with Crippen LogP contribution in [-0.2, 0) is 13.5 Å². The quantitative estimate of drug-likeness (QED) is 0.481. The van der Waals surface area contributed by atoms with E-state index in [0.29, 0.717) is 12.2 Å². The molecule has 1 atom stereocenters. The first-order valence-electron chi connectivity index (χ1n) is 5.13. The maximum absolute atomic E-state index is 5.57. The molecule has 0 spiro atoms. The predicted molar refractivity (Wildman–Crippen MR) is 71.7 cm³/mol. The molecular formula is C10H13IN6. The van der Waals surface area contributed by atoms with Crippen LogP contribution in [0, 0.1) is 3.57 Å². The van der Waals surface area contributed by atoms with Crippen LogP contribution in [0.1, 0.15) is 17.4 Å². The number of benzene rings is 1. The molecule has 0 amide bonds. The fraction of sp³-hybridized carbons (Fsp3) is 0.300. The van der Waals surface area contributed by atoms with Crippen LogP contribution < -0.4 is 11.3 Å². The van der Waals surface area contributed by atoms with Gasteiger partial charge in [0.15, 0.2) is 5.82 Å². The summed E-state index contributed by atoms with van der Waals surface area (Å²) in [6.07, 6.45) is 0.616. The third kappa shape index (κ3) is 3.20. The molecule has 1 aromatic heterocycles. The molecule has 0 bridgehead atoms. The summed E-state index contributed by atoms with van der Waals surface area (Å²) in [5.74, 6) is 6.25. The Morgan fingerprint density at radius 2 is 2.35 bits per heavy atom. The fourth-order valence-electron chi connectivity index (χ4n) is 1.58. The number of aryl methyl sites for hydroxylation is 1. The zero-order chi connectivity index (χ0) is 12.3. The van der Waals surface area contributed by atoms with Crippen LogP contribution in [0.15, 0.2) is 24.3 Å². The predicted octanol–water partition coefficient (Wildman–Crippen LogP) is 0.562. The molecular weight excluding hydrogens is 331 g/mol. The molecule has 0 saturated carbocycles. The second-order valence-corrected chi connectivity index (χ2v) is 4.92. The number of tetrazole rings is 1. The minimum atomic E-state index is -0.00563. The van der Waals surface area contributed by atoms with Crippen molar-refractivity contribution in [2.24, 2.45) is 12.9 Å². The highest BCUT2D eigenvalue weighted by molar-refractivity contribution is 14.1. The lowest BCUT2D eigenvalue weighted by molar-refractivity contribution is 0.536. The van der Waals surface area contributed by atoms with Crippen LogP contribution in [0.5, 0.6) is 0 Å². The van der Waals surface area contributed by atoms with Gasteiger partial charge in [-0.15, -0.1) is 10.2 Å². The number of nitrogens with two attached hydrogens (primary N) is 1. The van der Waals surface area contributed by atoms with E-state index in [1.54, 1.807) is 7.05 Å². The van der Waals surface area contributed by atoms with Crippen LogP contribution in [0.2, 0.25) is 0 Å². The van der Waals surface area contributed by atoms with E-state index in [1.807, 2.05) is 18.2 Å². The molecule has 1 unspecified atom stereocenters. The molecule has 1 aromatic carbocycles. The smallest absolute Gasteiger partial charge is 0.176 e. The first kappa shape index (κ1) is 12.4. The zero-order valence-electron chi connectivity index (χ0n) is 9.34. The SMILES string of the molecule is Cn1nnc(CC(NN)c2cccc(I)c2)n1. The first-order chi connectivity index (χ1) is 8.19. The van der Waals surface area contributed by atoms with E-state index in [2.05, 4.69) is 49.5 Å². The van der Waals surface area contributed by atoms with E-state index in [-0.39, 0.29) is 6.04 Å². The standard InChI is InChI=1S/C10H13IN6/c1-17-15-10(14-16-17)6-9(13-12)7-3-2-4-8(11)5-7/h2-5,9,13H,6,12H2,1H3. The first-order valence-corrected chi connectivity index (χ1v) is 6.21. The lowest BCUT2D eigenvalue weighted by atomic mass is 10.0. The maximum Gasteiger partial charge on any atom is 0.176 e. The Bertz CT molecular complexity index is 497. The van der Waals surface area contributed by atoms with Crippen LogP contribution >= 0.6 is 22.6 Å². The molecule has 2 rings (SSSR count). The van der Waals surface area contributed by atoms with Gasteiger partial charge in [-0.05, 0) is 45.5 Å². The Morgan fingerprint density at radius 1 is 1.53 bits per heavy atom. The molecule has 0 saturated heterocycles. The van der Waals surface area contributed by atoms with Gasteiger partial charge in [0, 0.05) is 9.99 Å². The summed E-state index contributed by atoms with van der Waals surface area (Å²) in [5, 5.41) is 11.9. The minimum absolute atomic E-state index is 0.00563. The van der Waals surface area contributed by atoms with Gasteiger partial charge in [0.2, 0.25) is 0 Å². The lowest BCUT2D eigenvalue weighted by Gasteiger charge is -2.14. The highest BCUT2D eigenvalue weighted by Crippen LogP contribution is 2.17. The number of nitrogens with one attached hydrogen (secondary N) is 1. The topological polar surface area (TPSA) is 81.7 Å². The summed E-state index contributed by atoms with van der Waals surface area (Å²) in [6.45, 7) is 0. The van der Waals surface area contributed by atoms with E-state index in [1.165, 1.54) is 8.37 Å². The number of nitrogens with zero attached hydrogens (tertiary/aromatic N) is 4. The summed E-state index contributed by atoms with van der Waals surface area (Å²) in [6, 6.07) is 8.16. The van der Waals surface area contributed by atoms with Crippen molar-refractivity contribution in [2.45, 2.75) is 12.5 Å². The summed E-state index contributed by atoms with van der Waals surface area (Å²) < 4.78 is 1.17. The molecule has 7 heteroatoms. The van der Waals surface area contributed by atoms with Gasteiger partial charge in [0.25, 0.3) is 0 Å². The van der Waals surface area contributed by atoms with E-state index < -0.39 is 0 Å². The van der Waals surface area contributed by atoms with E-state index in [0.717, 1.165) is 5.56 Å². The summed E-state index contributed by atoms with van der Waals surface area (Å²) in [5.41, 5.74) is 3.90. The van der Waals surface area contributed by atoms with Gasteiger partial charge in [-0.3, -0.25) is 11.3 Å². The van der Waals surface area contributed by atoms with E-state index in [9.17, 15) is 0 Å². The average Bonchev–Trinajstić information content (AvgIpc) is 2.72. The van der Waals surface area contributed by atoms with Gasteiger partial charge in [-0.25, -0.2) is 0 Å². The largest absolute Gasteiger partial charge is 0.271 e. The molecule has 0 radical (unpaired) electrons. The van der Waals surface area contributed by atoms with Crippen molar-refractivity contribution in [3.8, 4) is 0 Å². The number of hydrogen-bond acceptors (Lipinski definition) is 5. The summed E-state index contributed by atoms with van der Waals surface area (Å²) >= 11 is 2.27. The number of hydrazine groups is 1. The Morgan fingerprint density at radius 3 is 2.94 bits per heavy atom. The Balaban J connectivity index is 2.16. The molecule has 0 fully saturated rings. The van der Waals surface area contributed by atoms with Gasteiger partial charge in [0.05, 0.1) is 13.1 Å².